The van der Waals surface area contributed by atoms with Crippen molar-refractivity contribution in [1.82, 2.24) is 4.90 Å². The van der Waals surface area contributed by atoms with E-state index >= 15 is 0 Å². The van der Waals surface area contributed by atoms with Crippen molar-refractivity contribution < 1.29 is 14.6 Å². The van der Waals surface area contributed by atoms with E-state index < -0.39 is 11.6 Å². The summed E-state index contributed by atoms with van der Waals surface area (Å²) in [7, 11) is 0. The lowest BCUT2D eigenvalue weighted by Crippen LogP contribution is -2.44. The van der Waals surface area contributed by atoms with Gasteiger partial charge in [0.2, 0.25) is 5.60 Å². The minimum atomic E-state index is -1.78. The van der Waals surface area contributed by atoms with E-state index in [0.29, 0.717) is 11.1 Å². The van der Waals surface area contributed by atoms with Crippen LogP contribution in [0.1, 0.15) is 36.8 Å². The average molecular weight is 365 g/mol. The highest BCUT2D eigenvalue weighted by molar-refractivity contribution is 5.85. The van der Waals surface area contributed by atoms with Crippen LogP contribution in [0.3, 0.4) is 0 Å². The van der Waals surface area contributed by atoms with Crippen LogP contribution in [-0.4, -0.2) is 41.7 Å². The van der Waals surface area contributed by atoms with Gasteiger partial charge in [-0.05, 0) is 42.7 Å². The third-order valence-corrected chi connectivity index (χ3v) is 5.70. The molecule has 0 spiro atoms. The minimum Gasteiger partial charge on any atom is -0.460 e. The standard InChI is InChI=1S/C23H27NO3/c25-22(27-21-13-15-24(16-14-21)17-18-11-12-18)23(26,19-7-3-1-4-8-19)20-9-5-2-6-10-20/h1-10,18,21,26H,11-17H2. The highest BCUT2D eigenvalue weighted by atomic mass is 16.6. The summed E-state index contributed by atoms with van der Waals surface area (Å²) < 4.78 is 5.82. The molecule has 0 atom stereocenters. The van der Waals surface area contributed by atoms with Gasteiger partial charge in [0.1, 0.15) is 6.10 Å². The van der Waals surface area contributed by atoms with E-state index in [1.807, 2.05) is 36.4 Å². The zero-order valence-corrected chi connectivity index (χ0v) is 15.6. The van der Waals surface area contributed by atoms with Crippen LogP contribution in [0.5, 0.6) is 0 Å². The van der Waals surface area contributed by atoms with Crippen LogP contribution in [-0.2, 0) is 15.1 Å². The highest BCUT2D eigenvalue weighted by Gasteiger charge is 2.43. The van der Waals surface area contributed by atoms with E-state index in [1.54, 1.807) is 24.3 Å². The van der Waals surface area contributed by atoms with E-state index in [4.69, 9.17) is 4.74 Å². The first kappa shape index (κ1) is 18.2. The summed E-state index contributed by atoms with van der Waals surface area (Å²) in [5, 5.41) is 11.4. The van der Waals surface area contributed by atoms with Crippen molar-refractivity contribution in [1.29, 1.82) is 0 Å². The molecule has 1 aliphatic carbocycles. The maximum atomic E-state index is 13.1. The summed E-state index contributed by atoms with van der Waals surface area (Å²) in [6, 6.07) is 18.1. The number of carbonyl (C=O) groups is 1. The Hall–Kier alpha value is -2.17. The number of aliphatic hydroxyl groups is 1. The summed E-state index contributed by atoms with van der Waals surface area (Å²) in [4.78, 5) is 15.6. The second kappa shape index (κ2) is 7.83. The Balaban J connectivity index is 1.48. The van der Waals surface area contributed by atoms with Gasteiger partial charge in [-0.25, -0.2) is 4.79 Å². The van der Waals surface area contributed by atoms with Gasteiger partial charge in [0, 0.05) is 19.6 Å². The van der Waals surface area contributed by atoms with Crippen LogP contribution < -0.4 is 0 Å². The van der Waals surface area contributed by atoms with Crippen molar-refractivity contribution in [3.63, 3.8) is 0 Å². The molecule has 1 saturated carbocycles. The van der Waals surface area contributed by atoms with Crippen LogP contribution in [0.2, 0.25) is 0 Å². The number of hydrogen-bond donors (Lipinski definition) is 1. The molecule has 1 N–H and O–H groups in total. The molecule has 2 fully saturated rings. The predicted octanol–water partition coefficient (Wildman–Crippen LogP) is 3.34. The van der Waals surface area contributed by atoms with Gasteiger partial charge in [-0.1, -0.05) is 60.7 Å². The summed E-state index contributed by atoms with van der Waals surface area (Å²) in [6.07, 6.45) is 4.24. The zero-order chi connectivity index (χ0) is 18.7. The molecule has 0 aromatic heterocycles. The van der Waals surface area contributed by atoms with Gasteiger partial charge in [-0.2, -0.15) is 0 Å². The molecule has 1 heterocycles. The second-order valence-corrected chi connectivity index (χ2v) is 7.79. The number of nitrogens with zero attached hydrogens (tertiary/aromatic N) is 1. The Morgan fingerprint density at radius 3 is 1.93 bits per heavy atom. The first-order chi connectivity index (χ1) is 13.2. The molecule has 2 aromatic carbocycles. The zero-order valence-electron chi connectivity index (χ0n) is 15.6. The van der Waals surface area contributed by atoms with Gasteiger partial charge in [-0.15, -0.1) is 0 Å². The molecule has 0 bridgehead atoms. The highest BCUT2D eigenvalue weighted by Crippen LogP contribution is 2.33. The molecular formula is C23H27NO3. The quantitative estimate of drug-likeness (QED) is 0.798. The van der Waals surface area contributed by atoms with Crippen molar-refractivity contribution in [3.05, 3.63) is 71.8 Å². The molecule has 4 heteroatoms. The lowest BCUT2D eigenvalue weighted by Gasteiger charge is -2.34. The Morgan fingerprint density at radius 1 is 0.926 bits per heavy atom. The topological polar surface area (TPSA) is 49.8 Å². The molecule has 0 radical (unpaired) electrons. The van der Waals surface area contributed by atoms with Gasteiger partial charge < -0.3 is 14.7 Å². The number of rotatable bonds is 6. The monoisotopic (exact) mass is 365 g/mol. The molecule has 2 aliphatic rings. The number of benzene rings is 2. The van der Waals surface area contributed by atoms with Crippen molar-refractivity contribution >= 4 is 5.97 Å². The van der Waals surface area contributed by atoms with Crippen molar-refractivity contribution in [2.45, 2.75) is 37.4 Å². The fraction of sp³-hybridized carbons (Fsp3) is 0.435. The van der Waals surface area contributed by atoms with Crippen LogP contribution >= 0.6 is 0 Å². The average Bonchev–Trinajstić information content (AvgIpc) is 3.54. The van der Waals surface area contributed by atoms with Gasteiger partial charge in [-0.3, -0.25) is 0 Å². The van der Waals surface area contributed by atoms with E-state index in [0.717, 1.165) is 31.8 Å². The summed E-state index contributed by atoms with van der Waals surface area (Å²) in [5.41, 5.74) is -0.715. The Bertz CT molecular complexity index is 710. The maximum Gasteiger partial charge on any atom is 0.347 e. The summed E-state index contributed by atoms with van der Waals surface area (Å²) in [6.45, 7) is 3.10. The first-order valence-electron chi connectivity index (χ1n) is 9.93. The molecule has 2 aromatic rings. The SMILES string of the molecule is O=C(OC1CCN(CC2CC2)CC1)C(O)(c1ccccc1)c1ccccc1. The fourth-order valence-corrected chi connectivity index (χ4v) is 3.87. The Kier molecular flexibility index (Phi) is 5.28. The number of hydrogen-bond acceptors (Lipinski definition) is 4. The predicted molar refractivity (Wildman–Crippen MR) is 104 cm³/mol. The van der Waals surface area contributed by atoms with Crippen molar-refractivity contribution in [3.8, 4) is 0 Å². The lowest BCUT2D eigenvalue weighted by atomic mass is 9.86. The molecular weight excluding hydrogens is 338 g/mol. The minimum absolute atomic E-state index is 0.132. The smallest absolute Gasteiger partial charge is 0.347 e. The number of carbonyl (C=O) groups excluding carboxylic acids is 1. The third-order valence-electron chi connectivity index (χ3n) is 5.70. The van der Waals surface area contributed by atoms with Gasteiger partial charge in [0.25, 0.3) is 0 Å². The van der Waals surface area contributed by atoms with Gasteiger partial charge in [0.05, 0.1) is 0 Å². The third kappa shape index (κ3) is 4.07. The maximum absolute atomic E-state index is 13.1. The Labute approximate surface area is 160 Å². The second-order valence-electron chi connectivity index (χ2n) is 7.79. The van der Waals surface area contributed by atoms with E-state index in [2.05, 4.69) is 4.90 Å². The number of ether oxygens (including phenoxy) is 1. The van der Waals surface area contributed by atoms with Crippen LogP contribution in [0.4, 0.5) is 0 Å². The fourth-order valence-electron chi connectivity index (χ4n) is 3.87. The van der Waals surface area contributed by atoms with Crippen LogP contribution in [0, 0.1) is 5.92 Å². The summed E-state index contributed by atoms with van der Waals surface area (Å²) in [5.74, 6) is 0.297. The molecule has 4 nitrogen and oxygen atoms in total. The molecule has 0 amide bonds. The molecule has 27 heavy (non-hydrogen) atoms. The molecule has 0 unspecified atom stereocenters. The largest absolute Gasteiger partial charge is 0.460 e. The number of esters is 1. The van der Waals surface area contributed by atoms with Crippen LogP contribution in [0.25, 0.3) is 0 Å². The number of likely N-dealkylation sites (tertiary alicyclic amines) is 1. The van der Waals surface area contributed by atoms with Crippen molar-refractivity contribution in [2.75, 3.05) is 19.6 Å². The van der Waals surface area contributed by atoms with E-state index in [9.17, 15) is 9.90 Å². The lowest BCUT2D eigenvalue weighted by molar-refractivity contribution is -0.170. The van der Waals surface area contributed by atoms with Gasteiger partial charge in [0.15, 0.2) is 0 Å². The summed E-state index contributed by atoms with van der Waals surface area (Å²) >= 11 is 0. The first-order valence-corrected chi connectivity index (χ1v) is 9.93. The molecule has 1 saturated heterocycles. The van der Waals surface area contributed by atoms with E-state index in [1.165, 1.54) is 19.4 Å². The normalized spacial score (nSPS) is 19.0. The van der Waals surface area contributed by atoms with Crippen LogP contribution in [0.15, 0.2) is 60.7 Å². The molecule has 1 aliphatic heterocycles. The molecule has 4 rings (SSSR count). The number of piperidine rings is 1. The van der Waals surface area contributed by atoms with Crippen molar-refractivity contribution in [2.24, 2.45) is 5.92 Å². The van der Waals surface area contributed by atoms with E-state index in [-0.39, 0.29) is 6.10 Å². The van der Waals surface area contributed by atoms with Gasteiger partial charge >= 0.3 is 5.97 Å². The Morgan fingerprint density at radius 2 is 1.44 bits per heavy atom. The molecule has 142 valence electrons.